The van der Waals surface area contributed by atoms with Gasteiger partial charge in [-0.05, 0) is 86.9 Å². The Hall–Kier alpha value is -4.14. The molecule has 4 heterocycles. The van der Waals surface area contributed by atoms with Gasteiger partial charge in [0.25, 0.3) is 0 Å². The lowest BCUT2D eigenvalue weighted by Crippen LogP contribution is -2.48. The molecule has 13 heteroatoms. The lowest BCUT2D eigenvalue weighted by Gasteiger charge is -2.28. The lowest BCUT2D eigenvalue weighted by atomic mass is 9.89. The fourth-order valence-corrected chi connectivity index (χ4v) is 7.82. The summed E-state index contributed by atoms with van der Waals surface area (Å²) in [4.78, 5) is 42.7. The molecule has 7 N–H and O–H groups in total. The standard InChI is InChI=1S/C38H51N9O4/c1-20(2)29(46-50-5)19-23(8-6-16-39)35-40-26-13-11-22-18-24(10-12-25(22)32(26)43-35)37-42-28-15-14-27-33(34(28)51-37)44-36(41-27)30-9-7-17-47(30)38(48)31(45-49)21(3)4/h10-13,18,20-21,23,29-31,45-46,49H,6-9,14-17,19,39H2,1-5H3,(H,40,43)(H,41,44)/t23?,29-,30+,31+/m1/s1. The van der Waals surface area contributed by atoms with Gasteiger partial charge in [0.1, 0.15) is 23.4 Å². The number of fused-ring (bicyclic) bond motifs is 6. The first-order valence-corrected chi connectivity index (χ1v) is 18.4. The number of imidazole rings is 2. The number of likely N-dealkylation sites (tertiary alicyclic amines) is 1. The maximum Gasteiger partial charge on any atom is 0.242 e. The molecule has 2 aromatic carbocycles. The Labute approximate surface area is 298 Å². The minimum atomic E-state index is -0.661. The summed E-state index contributed by atoms with van der Waals surface area (Å²) >= 11 is 0. The number of nitrogens with zero attached hydrogens (tertiary/aromatic N) is 4. The number of hydroxylamine groups is 2. The number of carbonyl (C=O) groups excluding carboxylic acids is 1. The fourth-order valence-electron chi connectivity index (χ4n) is 7.82. The van der Waals surface area contributed by atoms with Crippen LogP contribution in [0.25, 0.3) is 44.7 Å². The second-order valence-electron chi connectivity index (χ2n) is 14.8. The predicted octanol–water partition coefficient (Wildman–Crippen LogP) is 5.91. The van der Waals surface area contributed by atoms with Crippen LogP contribution < -0.4 is 16.7 Å². The number of hydrogen-bond acceptors (Lipinski definition) is 10. The minimum Gasteiger partial charge on any atom is -0.434 e. The van der Waals surface area contributed by atoms with Gasteiger partial charge in [-0.1, -0.05) is 39.8 Å². The van der Waals surface area contributed by atoms with E-state index in [2.05, 4.69) is 65.1 Å². The van der Waals surface area contributed by atoms with Crippen LogP contribution in [0, 0.1) is 11.8 Å². The van der Waals surface area contributed by atoms with Crippen molar-refractivity contribution in [2.24, 2.45) is 17.6 Å². The van der Waals surface area contributed by atoms with E-state index in [0.717, 1.165) is 101 Å². The van der Waals surface area contributed by atoms with Crippen LogP contribution in [0.2, 0.25) is 0 Å². The van der Waals surface area contributed by atoms with Crippen molar-refractivity contribution in [3.8, 4) is 22.9 Å². The Morgan fingerprint density at radius 1 is 1.10 bits per heavy atom. The van der Waals surface area contributed by atoms with Gasteiger partial charge in [0.2, 0.25) is 11.8 Å². The smallest absolute Gasteiger partial charge is 0.242 e. The van der Waals surface area contributed by atoms with Gasteiger partial charge in [0, 0.05) is 29.5 Å². The predicted molar refractivity (Wildman–Crippen MR) is 196 cm³/mol. The number of hydrogen-bond donors (Lipinski definition) is 6. The molecule has 272 valence electrons. The molecular formula is C38H51N9O4. The third-order valence-electron chi connectivity index (χ3n) is 10.7. The Morgan fingerprint density at radius 3 is 2.67 bits per heavy atom. The van der Waals surface area contributed by atoms with Gasteiger partial charge in [-0.3, -0.25) is 4.79 Å². The summed E-state index contributed by atoms with van der Waals surface area (Å²) in [7, 11) is 1.67. The Morgan fingerprint density at radius 2 is 1.92 bits per heavy atom. The van der Waals surface area contributed by atoms with Crippen molar-refractivity contribution >= 4 is 27.7 Å². The third-order valence-corrected chi connectivity index (χ3v) is 10.7. The van der Waals surface area contributed by atoms with Crippen LogP contribution in [0.15, 0.2) is 34.7 Å². The number of H-pyrrole nitrogens is 2. The van der Waals surface area contributed by atoms with Gasteiger partial charge < -0.3 is 35.1 Å². The van der Waals surface area contributed by atoms with Gasteiger partial charge in [-0.25, -0.2) is 15.0 Å². The first-order chi connectivity index (χ1) is 24.7. The topological polar surface area (TPSA) is 183 Å². The molecule has 4 atom stereocenters. The Kier molecular flexibility index (Phi) is 10.3. The van der Waals surface area contributed by atoms with Crippen molar-refractivity contribution in [3.63, 3.8) is 0 Å². The largest absolute Gasteiger partial charge is 0.434 e. The molecular weight excluding hydrogens is 646 g/mol. The van der Waals surface area contributed by atoms with Crippen molar-refractivity contribution in [2.75, 3.05) is 20.2 Å². The van der Waals surface area contributed by atoms with Crippen LogP contribution in [-0.4, -0.2) is 73.2 Å². The average Bonchev–Trinajstić information content (AvgIpc) is 3.93. The zero-order valence-electron chi connectivity index (χ0n) is 30.3. The molecule has 0 bridgehead atoms. The van der Waals surface area contributed by atoms with E-state index in [4.69, 9.17) is 29.9 Å². The quantitative estimate of drug-likeness (QED) is 0.0763. The van der Waals surface area contributed by atoms with E-state index in [0.29, 0.717) is 30.7 Å². The van der Waals surface area contributed by atoms with Gasteiger partial charge in [0.15, 0.2) is 5.76 Å². The molecule has 2 aliphatic rings. The molecule has 13 nitrogen and oxygen atoms in total. The van der Waals surface area contributed by atoms with E-state index in [1.54, 1.807) is 7.11 Å². The van der Waals surface area contributed by atoms with E-state index >= 15 is 0 Å². The highest BCUT2D eigenvalue weighted by atomic mass is 16.6. The van der Waals surface area contributed by atoms with E-state index in [1.807, 2.05) is 18.7 Å². The number of aryl methyl sites for hydroxylation is 2. The average molecular weight is 698 g/mol. The van der Waals surface area contributed by atoms with Gasteiger partial charge in [0.05, 0.1) is 35.6 Å². The Bertz CT molecular complexity index is 2000. The molecule has 1 amide bonds. The number of oxazole rings is 1. The molecule has 1 saturated heterocycles. The van der Waals surface area contributed by atoms with Crippen molar-refractivity contribution in [1.29, 1.82) is 0 Å². The maximum absolute atomic E-state index is 13.3. The molecule has 1 unspecified atom stereocenters. The third kappa shape index (κ3) is 6.81. The van der Waals surface area contributed by atoms with E-state index < -0.39 is 6.04 Å². The first-order valence-electron chi connectivity index (χ1n) is 18.4. The normalized spacial score (nSPS) is 17.8. The monoisotopic (exact) mass is 697 g/mol. The van der Waals surface area contributed by atoms with E-state index in [1.165, 1.54) is 0 Å². The van der Waals surface area contributed by atoms with Crippen LogP contribution in [-0.2, 0) is 22.5 Å². The highest BCUT2D eigenvalue weighted by Crippen LogP contribution is 2.40. The summed E-state index contributed by atoms with van der Waals surface area (Å²) in [5.74, 6) is 3.45. The lowest BCUT2D eigenvalue weighted by molar-refractivity contribution is -0.138. The van der Waals surface area contributed by atoms with Crippen molar-refractivity contribution in [2.45, 2.75) is 96.7 Å². The second-order valence-corrected chi connectivity index (χ2v) is 14.8. The number of benzene rings is 2. The number of nitrogens with two attached hydrogens (primary N) is 1. The number of aromatic amines is 2. The minimum absolute atomic E-state index is 0.0488. The molecule has 3 aromatic heterocycles. The number of nitrogens with one attached hydrogen (secondary N) is 4. The maximum atomic E-state index is 13.3. The van der Waals surface area contributed by atoms with Gasteiger partial charge in [-0.15, -0.1) is 0 Å². The molecule has 1 fully saturated rings. The van der Waals surface area contributed by atoms with Crippen molar-refractivity contribution in [3.05, 3.63) is 53.4 Å². The first kappa shape index (κ1) is 35.3. The number of rotatable bonds is 14. The summed E-state index contributed by atoms with van der Waals surface area (Å²) in [6.07, 6.45) is 5.90. The molecule has 1 aliphatic carbocycles. The van der Waals surface area contributed by atoms with Gasteiger partial charge >= 0.3 is 0 Å². The molecule has 0 radical (unpaired) electrons. The summed E-state index contributed by atoms with van der Waals surface area (Å²) < 4.78 is 6.49. The van der Waals surface area contributed by atoms with Crippen LogP contribution in [0.1, 0.15) is 94.8 Å². The molecule has 5 aromatic rings. The highest BCUT2D eigenvalue weighted by Gasteiger charge is 2.38. The number of amides is 1. The van der Waals surface area contributed by atoms with Crippen LogP contribution in [0.5, 0.6) is 0 Å². The van der Waals surface area contributed by atoms with Crippen LogP contribution in [0.3, 0.4) is 0 Å². The summed E-state index contributed by atoms with van der Waals surface area (Å²) in [5.41, 5.74) is 16.8. The zero-order chi connectivity index (χ0) is 35.8. The van der Waals surface area contributed by atoms with Crippen LogP contribution >= 0.6 is 0 Å². The summed E-state index contributed by atoms with van der Waals surface area (Å²) in [6.45, 7) is 9.50. The van der Waals surface area contributed by atoms with Crippen molar-refractivity contribution in [1.82, 2.24) is 40.8 Å². The molecule has 1 aliphatic heterocycles. The fraction of sp³-hybridized carbons (Fsp3) is 0.526. The van der Waals surface area contributed by atoms with Crippen LogP contribution in [0.4, 0.5) is 0 Å². The summed E-state index contributed by atoms with van der Waals surface area (Å²) in [6, 6.07) is 9.83. The van der Waals surface area contributed by atoms with Gasteiger partial charge in [-0.2, -0.15) is 11.0 Å². The van der Waals surface area contributed by atoms with E-state index in [-0.39, 0.29) is 29.8 Å². The SMILES string of the molecule is CON[C@H](CC(CCCN)c1nc2ccc3cc(-c4nc5c(o4)-c4[nH]c([C@@H]6CCCN6C(=O)[C@@H](NO)C(C)C)nc4CC5)ccc3c2[nH]1)C(C)C. The molecule has 7 rings (SSSR count). The van der Waals surface area contributed by atoms with Crippen molar-refractivity contribution < 1.29 is 19.3 Å². The molecule has 0 saturated carbocycles. The Balaban J connectivity index is 1.16. The number of aromatic nitrogens is 5. The molecule has 51 heavy (non-hydrogen) atoms. The second kappa shape index (κ2) is 14.8. The zero-order valence-corrected chi connectivity index (χ0v) is 30.3. The highest BCUT2D eigenvalue weighted by molar-refractivity contribution is 6.05. The van der Waals surface area contributed by atoms with E-state index in [9.17, 15) is 10.0 Å². The summed E-state index contributed by atoms with van der Waals surface area (Å²) in [5, 5.41) is 11.8. The number of carbonyl (C=O) groups is 1. The molecule has 0 spiro atoms.